The first-order chi connectivity index (χ1) is 19.2. The Morgan fingerprint density at radius 3 is 1.12 bits per heavy atom. The molecule has 0 spiro atoms. The van der Waals surface area contributed by atoms with Crippen molar-refractivity contribution < 1.29 is 0 Å². The van der Waals surface area contributed by atoms with Gasteiger partial charge in [0.1, 0.15) is 0 Å². The molecule has 0 atom stereocenters. The van der Waals surface area contributed by atoms with E-state index in [1.54, 1.807) is 0 Å². The van der Waals surface area contributed by atoms with Crippen LogP contribution in [0.1, 0.15) is 44.5 Å². The smallest absolute Gasteiger partial charge is 0.243 e. The van der Waals surface area contributed by atoms with Gasteiger partial charge in [0.25, 0.3) is 0 Å². The first-order valence-electron chi connectivity index (χ1n) is 14.4. The van der Waals surface area contributed by atoms with Crippen LogP contribution in [0.3, 0.4) is 0 Å². The number of hydrogen-bond donors (Lipinski definition) is 0. The molecule has 6 aromatic rings. The van der Waals surface area contributed by atoms with Crippen molar-refractivity contribution in [1.82, 2.24) is 4.57 Å². The first kappa shape index (κ1) is 26.2. The van der Waals surface area contributed by atoms with Gasteiger partial charge in [-0.05, 0) is 79.7 Å². The number of aromatic nitrogens is 1. The van der Waals surface area contributed by atoms with Crippen LogP contribution in [0.15, 0.2) is 84.9 Å². The SMILES string of the molecule is Cc1cc(C)c(B(c2c(C)cc(C)cc2C)c2c(C)cc(-n3c4ccccc4c4ccccc43)cc2C)c(C)c1. The number of fused-ring (bicyclic) bond motifs is 3. The topological polar surface area (TPSA) is 4.93 Å². The highest BCUT2D eigenvalue weighted by Gasteiger charge is 2.31. The second-order valence-electron chi connectivity index (χ2n) is 11.9. The van der Waals surface area contributed by atoms with E-state index >= 15 is 0 Å². The van der Waals surface area contributed by atoms with Crippen LogP contribution in [-0.4, -0.2) is 11.3 Å². The summed E-state index contributed by atoms with van der Waals surface area (Å²) in [5, 5.41) is 2.60. The van der Waals surface area contributed by atoms with Crippen LogP contribution in [-0.2, 0) is 0 Å². The normalized spacial score (nSPS) is 11.5. The molecule has 6 rings (SSSR count). The minimum absolute atomic E-state index is 0.174. The Balaban J connectivity index is 1.65. The summed E-state index contributed by atoms with van der Waals surface area (Å²) in [4.78, 5) is 0. The van der Waals surface area contributed by atoms with Gasteiger partial charge in [0, 0.05) is 16.5 Å². The van der Waals surface area contributed by atoms with E-state index in [0.29, 0.717) is 0 Å². The number of para-hydroxylation sites is 2. The maximum atomic E-state index is 2.44. The highest BCUT2D eigenvalue weighted by molar-refractivity contribution is 6.97. The molecule has 40 heavy (non-hydrogen) atoms. The van der Waals surface area contributed by atoms with Gasteiger partial charge in [-0.2, -0.15) is 0 Å². The predicted octanol–water partition coefficient (Wildman–Crippen LogP) is 7.77. The number of aryl methyl sites for hydroxylation is 8. The molecule has 0 aliphatic rings. The molecule has 0 saturated carbocycles. The van der Waals surface area contributed by atoms with Crippen LogP contribution in [0.25, 0.3) is 27.5 Å². The molecule has 0 aliphatic carbocycles. The summed E-state index contributed by atoms with van der Waals surface area (Å²) in [6.45, 7) is 18.4. The van der Waals surface area contributed by atoms with Gasteiger partial charge in [-0.1, -0.05) is 122 Å². The molecular formula is C38H38BN. The van der Waals surface area contributed by atoms with Crippen LogP contribution in [0, 0.1) is 55.4 Å². The molecule has 0 radical (unpaired) electrons. The zero-order chi connectivity index (χ0) is 28.3. The van der Waals surface area contributed by atoms with Crippen LogP contribution in [0.5, 0.6) is 0 Å². The van der Waals surface area contributed by atoms with Gasteiger partial charge in [0.05, 0.1) is 11.0 Å². The molecule has 0 amide bonds. The van der Waals surface area contributed by atoms with E-state index in [9.17, 15) is 0 Å². The fourth-order valence-electron chi connectivity index (χ4n) is 7.46. The van der Waals surface area contributed by atoms with Gasteiger partial charge >= 0.3 is 0 Å². The average Bonchev–Trinajstić information content (AvgIpc) is 3.21. The summed E-state index contributed by atoms with van der Waals surface area (Å²) in [5.74, 6) is 0. The van der Waals surface area contributed by atoms with Crippen LogP contribution >= 0.6 is 0 Å². The standard InChI is InChI=1S/C38H38BN/c1-23-17-25(3)36(26(4)18-23)39(37-27(5)19-24(2)20-28(37)6)38-29(7)21-31(22-30(38)8)40-34-15-11-9-13-32(34)33-14-10-12-16-35(33)40/h9-22H,1-8H3. The number of hydrogen-bond acceptors (Lipinski definition) is 0. The second-order valence-corrected chi connectivity index (χ2v) is 11.9. The van der Waals surface area contributed by atoms with E-state index in [-0.39, 0.29) is 6.71 Å². The quantitative estimate of drug-likeness (QED) is 0.210. The maximum Gasteiger partial charge on any atom is 0.243 e. The number of nitrogens with zero attached hydrogens (tertiary/aromatic N) is 1. The Labute approximate surface area is 239 Å². The molecule has 5 aromatic carbocycles. The third-order valence-electron chi connectivity index (χ3n) is 8.76. The fourth-order valence-corrected chi connectivity index (χ4v) is 7.46. The lowest BCUT2D eigenvalue weighted by molar-refractivity contribution is 1.16. The summed E-state index contributed by atoms with van der Waals surface area (Å²) < 4.78 is 2.44. The zero-order valence-corrected chi connectivity index (χ0v) is 25.1. The van der Waals surface area contributed by atoms with Crippen molar-refractivity contribution in [1.29, 1.82) is 0 Å². The van der Waals surface area contributed by atoms with Crippen molar-refractivity contribution in [2.45, 2.75) is 55.4 Å². The van der Waals surface area contributed by atoms with Crippen molar-refractivity contribution in [3.05, 3.63) is 129 Å². The van der Waals surface area contributed by atoms with E-state index in [1.807, 2.05) is 0 Å². The monoisotopic (exact) mass is 519 g/mol. The highest BCUT2D eigenvalue weighted by atomic mass is 15.0. The van der Waals surface area contributed by atoms with Gasteiger partial charge < -0.3 is 4.57 Å². The van der Waals surface area contributed by atoms with E-state index in [1.165, 1.54) is 88.4 Å². The maximum absolute atomic E-state index is 2.44. The van der Waals surface area contributed by atoms with E-state index in [0.717, 1.165) is 0 Å². The zero-order valence-electron chi connectivity index (χ0n) is 25.1. The van der Waals surface area contributed by atoms with Crippen molar-refractivity contribution in [3.63, 3.8) is 0 Å². The fraction of sp³-hybridized carbons (Fsp3) is 0.211. The van der Waals surface area contributed by atoms with E-state index in [4.69, 9.17) is 0 Å². The Morgan fingerprint density at radius 2 is 0.750 bits per heavy atom. The number of rotatable bonds is 4. The van der Waals surface area contributed by atoms with Gasteiger partial charge in [-0.25, -0.2) is 0 Å². The summed E-state index contributed by atoms with van der Waals surface area (Å²) in [5.41, 5.74) is 18.8. The number of benzene rings is 5. The van der Waals surface area contributed by atoms with Crippen LogP contribution in [0.4, 0.5) is 0 Å². The molecule has 0 N–H and O–H groups in total. The lowest BCUT2D eigenvalue weighted by atomic mass is 9.33. The molecule has 1 aromatic heterocycles. The molecule has 0 unspecified atom stereocenters. The molecule has 0 fully saturated rings. The Kier molecular flexibility index (Phi) is 6.46. The Morgan fingerprint density at radius 1 is 0.425 bits per heavy atom. The third-order valence-corrected chi connectivity index (χ3v) is 8.76. The van der Waals surface area contributed by atoms with Crippen LogP contribution in [0.2, 0.25) is 0 Å². The molecular weight excluding hydrogens is 481 g/mol. The predicted molar refractivity (Wildman–Crippen MR) is 176 cm³/mol. The van der Waals surface area contributed by atoms with Crippen molar-refractivity contribution in [2.24, 2.45) is 0 Å². The average molecular weight is 520 g/mol. The van der Waals surface area contributed by atoms with Gasteiger partial charge in [0.2, 0.25) is 6.71 Å². The van der Waals surface area contributed by atoms with E-state index in [2.05, 4.69) is 145 Å². The molecule has 0 bridgehead atoms. The molecule has 0 saturated heterocycles. The van der Waals surface area contributed by atoms with E-state index < -0.39 is 0 Å². The molecule has 198 valence electrons. The highest BCUT2D eigenvalue weighted by Crippen LogP contribution is 2.32. The summed E-state index contributed by atoms with van der Waals surface area (Å²) in [7, 11) is 0. The molecule has 1 heterocycles. The van der Waals surface area contributed by atoms with Gasteiger partial charge in [-0.15, -0.1) is 0 Å². The van der Waals surface area contributed by atoms with Crippen molar-refractivity contribution in [3.8, 4) is 5.69 Å². The minimum atomic E-state index is 0.174. The lowest BCUT2D eigenvalue weighted by Crippen LogP contribution is -2.57. The minimum Gasteiger partial charge on any atom is -0.309 e. The molecule has 2 heteroatoms. The summed E-state index contributed by atoms with van der Waals surface area (Å²) in [6.07, 6.45) is 0. The third kappa shape index (κ3) is 4.18. The Bertz CT molecular complexity index is 1760. The largest absolute Gasteiger partial charge is 0.309 e. The summed E-state index contributed by atoms with van der Waals surface area (Å²) in [6, 6.07) is 31.8. The first-order valence-corrected chi connectivity index (χ1v) is 14.4. The summed E-state index contributed by atoms with van der Waals surface area (Å²) >= 11 is 0. The molecule has 1 nitrogen and oxygen atoms in total. The second kappa shape index (κ2) is 9.86. The van der Waals surface area contributed by atoms with Gasteiger partial charge in [-0.3, -0.25) is 0 Å². The van der Waals surface area contributed by atoms with Crippen LogP contribution < -0.4 is 16.4 Å². The van der Waals surface area contributed by atoms with Crippen molar-refractivity contribution in [2.75, 3.05) is 0 Å². The lowest BCUT2D eigenvalue weighted by Gasteiger charge is -2.27. The van der Waals surface area contributed by atoms with Gasteiger partial charge in [0.15, 0.2) is 0 Å². The van der Waals surface area contributed by atoms with Crippen molar-refractivity contribution >= 4 is 44.9 Å². The Hall–Kier alpha value is -4.04. The molecule has 0 aliphatic heterocycles.